The molecule has 0 unspecified atom stereocenters. The Labute approximate surface area is 101 Å². The number of alkyl halides is 3. The summed E-state index contributed by atoms with van der Waals surface area (Å²) in [6.07, 6.45) is -6.16. The molecule has 0 N–H and O–H groups in total. The normalized spacial score (nSPS) is 13.8. The Morgan fingerprint density at radius 3 is 2.24 bits per heavy atom. The molecule has 0 aliphatic rings. The largest absolute Gasteiger partial charge is 0.395 e. The van der Waals surface area contributed by atoms with Crippen molar-refractivity contribution in [3.05, 3.63) is 30.3 Å². The Hall–Kier alpha value is -1.08. The van der Waals surface area contributed by atoms with Gasteiger partial charge in [-0.05, 0) is 12.1 Å². The van der Waals surface area contributed by atoms with Gasteiger partial charge in [-0.15, -0.1) is 0 Å². The lowest BCUT2D eigenvalue weighted by atomic mass is 10.4. The first kappa shape index (κ1) is 14.0. The molecule has 0 heterocycles. The topological polar surface area (TPSA) is 46.5 Å². The van der Waals surface area contributed by atoms with Gasteiger partial charge in [0.25, 0.3) is 10.0 Å². The molecule has 0 saturated carbocycles. The van der Waals surface area contributed by atoms with Crippen LogP contribution in [0.4, 0.5) is 13.2 Å². The summed E-state index contributed by atoms with van der Waals surface area (Å²) in [7, 11) is -4.18. The summed E-state index contributed by atoms with van der Waals surface area (Å²) in [4.78, 5) is -0.208. The molecular weight excluding hydrogens is 279 g/mol. The van der Waals surface area contributed by atoms with Crippen LogP contribution in [0.5, 0.6) is 0 Å². The predicted octanol–water partition coefficient (Wildman–Crippen LogP) is 2.97. The second-order valence-electron chi connectivity index (χ2n) is 3.05. The van der Waals surface area contributed by atoms with Gasteiger partial charge in [0, 0.05) is 0 Å². The minimum Gasteiger partial charge on any atom is -0.199 e. The van der Waals surface area contributed by atoms with Crippen molar-refractivity contribution in [1.82, 2.24) is 0 Å². The number of nitrogens with zero attached hydrogens (tertiary/aromatic N) is 1. The molecule has 1 aromatic carbocycles. The first-order chi connectivity index (χ1) is 7.71. The van der Waals surface area contributed by atoms with Crippen LogP contribution in [0, 0.1) is 0 Å². The molecule has 0 saturated heterocycles. The van der Waals surface area contributed by atoms with Gasteiger partial charge in [0.15, 0.2) is 0 Å². The van der Waals surface area contributed by atoms with Crippen molar-refractivity contribution in [1.29, 1.82) is 0 Å². The number of hydrogen-bond acceptors (Lipinski definition) is 2. The van der Waals surface area contributed by atoms with Crippen molar-refractivity contribution >= 4 is 26.8 Å². The van der Waals surface area contributed by atoms with Crippen molar-refractivity contribution in [3.63, 3.8) is 0 Å². The minimum absolute atomic E-state index is 0.208. The van der Waals surface area contributed by atoms with E-state index in [1.54, 1.807) is 6.07 Å². The average molecular weight is 286 g/mol. The molecule has 0 radical (unpaired) electrons. The highest BCUT2D eigenvalue weighted by molar-refractivity contribution is 7.90. The zero-order chi connectivity index (χ0) is 13.1. The number of rotatable bonds is 3. The van der Waals surface area contributed by atoms with Gasteiger partial charge < -0.3 is 0 Å². The van der Waals surface area contributed by atoms with Crippen LogP contribution in [0.2, 0.25) is 0 Å². The number of hydrogen-bond donors (Lipinski definition) is 0. The van der Waals surface area contributed by atoms with Gasteiger partial charge in [0.2, 0.25) is 0 Å². The van der Waals surface area contributed by atoms with E-state index < -0.39 is 27.8 Å². The molecule has 0 atom stereocenters. The molecule has 17 heavy (non-hydrogen) atoms. The van der Waals surface area contributed by atoms with E-state index in [1.165, 1.54) is 24.3 Å². The van der Waals surface area contributed by atoms with Crippen LogP contribution in [0.15, 0.2) is 39.6 Å². The van der Waals surface area contributed by atoms with E-state index in [-0.39, 0.29) is 4.90 Å². The molecule has 1 rings (SSSR count). The zero-order valence-electron chi connectivity index (χ0n) is 8.28. The summed E-state index contributed by atoms with van der Waals surface area (Å²) in [6.45, 7) is 0. The van der Waals surface area contributed by atoms with Gasteiger partial charge in [0.1, 0.15) is 5.17 Å². The van der Waals surface area contributed by atoms with E-state index >= 15 is 0 Å². The van der Waals surface area contributed by atoms with Crippen LogP contribution >= 0.6 is 11.6 Å². The number of benzene rings is 1. The first-order valence-electron chi connectivity index (χ1n) is 4.32. The molecule has 8 heteroatoms. The molecule has 0 amide bonds. The lowest BCUT2D eigenvalue weighted by Gasteiger charge is -2.04. The Bertz CT molecular complexity index is 511. The quantitative estimate of drug-likeness (QED) is 0.802. The molecular formula is C9H7ClF3NO2S. The Morgan fingerprint density at radius 1 is 1.24 bits per heavy atom. The van der Waals surface area contributed by atoms with Gasteiger partial charge >= 0.3 is 6.18 Å². The predicted molar refractivity (Wildman–Crippen MR) is 57.6 cm³/mol. The van der Waals surface area contributed by atoms with Crippen LogP contribution < -0.4 is 0 Å². The Kier molecular flexibility index (Phi) is 4.16. The number of halogens is 4. The van der Waals surface area contributed by atoms with E-state index in [9.17, 15) is 21.6 Å². The summed E-state index contributed by atoms with van der Waals surface area (Å²) in [6, 6.07) is 6.87. The summed E-state index contributed by atoms with van der Waals surface area (Å²) in [5.41, 5.74) is 0. The SMILES string of the molecule is O=S(=O)(/N=C(\Cl)CC(F)(F)F)c1ccccc1. The van der Waals surface area contributed by atoms with Gasteiger partial charge in [-0.2, -0.15) is 26.0 Å². The second-order valence-corrected chi connectivity index (χ2v) is 5.09. The van der Waals surface area contributed by atoms with Crippen LogP contribution in [-0.4, -0.2) is 19.8 Å². The third-order valence-corrected chi connectivity index (χ3v) is 3.25. The van der Waals surface area contributed by atoms with Crippen molar-refractivity contribution in [3.8, 4) is 0 Å². The highest BCUT2D eigenvalue weighted by Crippen LogP contribution is 2.23. The van der Waals surface area contributed by atoms with Crippen LogP contribution in [0.1, 0.15) is 6.42 Å². The number of sulfonamides is 1. The van der Waals surface area contributed by atoms with Crippen molar-refractivity contribution < 1.29 is 21.6 Å². The van der Waals surface area contributed by atoms with Gasteiger partial charge in [-0.3, -0.25) is 0 Å². The van der Waals surface area contributed by atoms with Gasteiger partial charge in [0.05, 0.1) is 11.3 Å². The van der Waals surface area contributed by atoms with E-state index in [0.29, 0.717) is 0 Å². The van der Waals surface area contributed by atoms with E-state index in [1.807, 2.05) is 0 Å². The van der Waals surface area contributed by atoms with Crippen molar-refractivity contribution in [2.45, 2.75) is 17.5 Å². The lowest BCUT2D eigenvalue weighted by molar-refractivity contribution is -0.120. The smallest absolute Gasteiger partial charge is 0.199 e. The van der Waals surface area contributed by atoms with Crippen LogP contribution in [-0.2, 0) is 10.0 Å². The van der Waals surface area contributed by atoms with E-state index in [2.05, 4.69) is 4.40 Å². The molecule has 1 aromatic rings. The molecule has 0 aromatic heterocycles. The van der Waals surface area contributed by atoms with Gasteiger partial charge in [-0.25, -0.2) is 0 Å². The first-order valence-corrected chi connectivity index (χ1v) is 6.14. The molecule has 0 bridgehead atoms. The maximum atomic E-state index is 11.9. The van der Waals surface area contributed by atoms with Crippen LogP contribution in [0.3, 0.4) is 0 Å². The summed E-state index contributed by atoms with van der Waals surface area (Å²) in [5.74, 6) is 0. The molecule has 0 aliphatic heterocycles. The standard InChI is InChI=1S/C9H7ClF3NO2S/c10-8(6-9(11,12)13)14-17(15,16)7-4-2-1-3-5-7/h1-5H,6H2/b14-8-. The highest BCUT2D eigenvalue weighted by atomic mass is 35.5. The lowest BCUT2D eigenvalue weighted by Crippen LogP contribution is -2.12. The van der Waals surface area contributed by atoms with E-state index in [0.717, 1.165) is 0 Å². The molecule has 3 nitrogen and oxygen atoms in total. The van der Waals surface area contributed by atoms with Gasteiger partial charge in [-0.1, -0.05) is 29.8 Å². The Balaban J connectivity index is 2.98. The maximum Gasteiger partial charge on any atom is 0.395 e. The van der Waals surface area contributed by atoms with Crippen molar-refractivity contribution in [2.24, 2.45) is 4.40 Å². The molecule has 0 spiro atoms. The molecule has 0 fully saturated rings. The average Bonchev–Trinajstić information content (AvgIpc) is 2.15. The zero-order valence-corrected chi connectivity index (χ0v) is 9.85. The fraction of sp³-hybridized carbons (Fsp3) is 0.222. The van der Waals surface area contributed by atoms with Crippen LogP contribution in [0.25, 0.3) is 0 Å². The maximum absolute atomic E-state index is 11.9. The summed E-state index contributed by atoms with van der Waals surface area (Å²) >= 11 is 5.15. The fourth-order valence-electron chi connectivity index (χ4n) is 0.973. The van der Waals surface area contributed by atoms with Crippen molar-refractivity contribution in [2.75, 3.05) is 0 Å². The Morgan fingerprint density at radius 2 is 1.76 bits per heavy atom. The third kappa shape index (κ3) is 4.74. The van der Waals surface area contributed by atoms with E-state index in [4.69, 9.17) is 11.6 Å². The fourth-order valence-corrected chi connectivity index (χ4v) is 2.33. The minimum atomic E-state index is -4.59. The third-order valence-electron chi connectivity index (χ3n) is 1.61. The monoisotopic (exact) mass is 285 g/mol. The molecule has 0 aliphatic carbocycles. The second kappa shape index (κ2) is 5.05. The summed E-state index contributed by atoms with van der Waals surface area (Å²) in [5, 5.41) is -1.01. The molecule has 94 valence electrons. The highest BCUT2D eigenvalue weighted by Gasteiger charge is 2.30. The summed E-state index contributed by atoms with van der Waals surface area (Å²) < 4.78 is 61.6.